The Bertz CT molecular complexity index is 988. The Morgan fingerprint density at radius 3 is 2.47 bits per heavy atom. The average Bonchev–Trinajstić information content (AvgIpc) is 2.82. The van der Waals surface area contributed by atoms with Gasteiger partial charge >= 0.3 is 5.97 Å². The number of hydrazine groups is 1. The Morgan fingerprint density at radius 2 is 1.74 bits per heavy atom. The Balaban J connectivity index is 1.51. The zero-order valence-corrected chi connectivity index (χ0v) is 21.3. The van der Waals surface area contributed by atoms with E-state index in [4.69, 9.17) is 21.7 Å². The van der Waals surface area contributed by atoms with Gasteiger partial charge in [-0.05, 0) is 67.7 Å². The first-order chi connectivity index (χ1) is 16.3. The van der Waals surface area contributed by atoms with Crippen molar-refractivity contribution in [3.05, 3.63) is 64.1 Å². The predicted octanol–water partition coefficient (Wildman–Crippen LogP) is 3.50. The lowest BCUT2D eigenvalue weighted by Crippen LogP contribution is -2.49. The molecule has 0 heterocycles. The van der Waals surface area contributed by atoms with Crippen LogP contribution in [0.3, 0.4) is 0 Å². The molecule has 2 aromatic carbocycles. The van der Waals surface area contributed by atoms with Crippen LogP contribution in [-0.2, 0) is 25.5 Å². The van der Waals surface area contributed by atoms with Crippen molar-refractivity contribution < 1.29 is 23.9 Å². The monoisotopic (exact) mass is 549 g/mol. The van der Waals surface area contributed by atoms with E-state index in [1.165, 1.54) is 5.56 Å². The number of rotatable bonds is 11. The second-order valence-corrected chi connectivity index (χ2v) is 8.68. The quantitative estimate of drug-likeness (QED) is 0.170. The minimum atomic E-state index is -0.466. The molecule has 2 aromatic rings. The lowest BCUT2D eigenvalue weighted by molar-refractivity contribution is -0.143. The maximum absolute atomic E-state index is 11.9. The molecule has 3 N–H and O–H groups in total. The number of carbonyl (C=O) groups excluding carboxylic acids is 3. The summed E-state index contributed by atoms with van der Waals surface area (Å²) < 4.78 is 11.5. The van der Waals surface area contributed by atoms with Crippen molar-refractivity contribution in [3.63, 3.8) is 0 Å². The average molecular weight is 550 g/mol. The van der Waals surface area contributed by atoms with E-state index in [0.717, 1.165) is 22.9 Å². The van der Waals surface area contributed by atoms with Crippen LogP contribution in [0.5, 0.6) is 5.75 Å². The number of hydrogen-bond donors (Lipinski definition) is 3. The van der Waals surface area contributed by atoms with Crippen molar-refractivity contribution in [3.8, 4) is 5.75 Å². The maximum atomic E-state index is 11.9. The molecule has 0 aliphatic carbocycles. The zero-order valence-electron chi connectivity index (χ0n) is 18.9. The van der Waals surface area contributed by atoms with Crippen LogP contribution >= 0.6 is 28.1 Å². The van der Waals surface area contributed by atoms with Crippen molar-refractivity contribution in [2.24, 2.45) is 0 Å². The van der Waals surface area contributed by atoms with E-state index in [1.807, 2.05) is 43.3 Å². The number of benzene rings is 2. The van der Waals surface area contributed by atoms with Gasteiger partial charge in [-0.15, -0.1) is 0 Å². The maximum Gasteiger partial charge on any atom is 0.305 e. The van der Waals surface area contributed by atoms with Gasteiger partial charge in [-0.2, -0.15) is 0 Å². The van der Waals surface area contributed by atoms with Gasteiger partial charge in [0.15, 0.2) is 11.7 Å². The van der Waals surface area contributed by atoms with E-state index in [2.05, 4.69) is 32.1 Å². The summed E-state index contributed by atoms with van der Waals surface area (Å²) in [5.74, 6) is -0.617. The number of hydrogen-bond acceptors (Lipinski definition) is 6. The van der Waals surface area contributed by atoms with Crippen LogP contribution in [0.15, 0.2) is 53.0 Å². The number of amides is 2. The van der Waals surface area contributed by atoms with Gasteiger partial charge in [0, 0.05) is 17.3 Å². The Hall–Kier alpha value is -2.98. The molecular weight excluding hydrogens is 522 g/mol. The highest BCUT2D eigenvalue weighted by molar-refractivity contribution is 9.10. The third-order valence-electron chi connectivity index (χ3n) is 4.57. The SMILES string of the molecule is Cc1cc(OCC(=O)NNC(=S)NC(=O)CCCC(=O)OCCCc2ccccc2)ccc1Br. The van der Waals surface area contributed by atoms with Gasteiger partial charge in [0.25, 0.3) is 5.91 Å². The summed E-state index contributed by atoms with van der Waals surface area (Å²) in [6.45, 7) is 2.03. The largest absolute Gasteiger partial charge is 0.484 e. The number of thiocarbonyl (C=S) groups is 1. The molecule has 2 amide bonds. The smallest absolute Gasteiger partial charge is 0.305 e. The summed E-state index contributed by atoms with van der Waals surface area (Å²) in [6, 6.07) is 15.3. The Kier molecular flexibility index (Phi) is 12.0. The third-order valence-corrected chi connectivity index (χ3v) is 5.66. The van der Waals surface area contributed by atoms with Gasteiger partial charge in [0.2, 0.25) is 5.91 Å². The van der Waals surface area contributed by atoms with Crippen molar-refractivity contribution >= 4 is 51.0 Å². The molecule has 0 atom stereocenters. The molecule has 10 heteroatoms. The topological polar surface area (TPSA) is 106 Å². The number of esters is 1. The number of halogens is 1. The van der Waals surface area contributed by atoms with Crippen LogP contribution in [0.4, 0.5) is 0 Å². The van der Waals surface area contributed by atoms with E-state index in [1.54, 1.807) is 12.1 Å². The summed E-state index contributed by atoms with van der Waals surface area (Å²) in [4.78, 5) is 35.6. The fourth-order valence-electron chi connectivity index (χ4n) is 2.81. The minimum absolute atomic E-state index is 0.0543. The van der Waals surface area contributed by atoms with Gasteiger partial charge in [0.05, 0.1) is 6.61 Å². The molecule has 0 aliphatic rings. The molecule has 0 unspecified atom stereocenters. The van der Waals surface area contributed by atoms with Gasteiger partial charge < -0.3 is 14.8 Å². The second kappa shape index (κ2) is 15.0. The Labute approximate surface area is 212 Å². The van der Waals surface area contributed by atoms with Crippen molar-refractivity contribution in [2.45, 2.75) is 39.0 Å². The molecule has 0 saturated heterocycles. The van der Waals surface area contributed by atoms with E-state index in [9.17, 15) is 14.4 Å². The van der Waals surface area contributed by atoms with Crippen molar-refractivity contribution in [2.75, 3.05) is 13.2 Å². The molecule has 0 radical (unpaired) electrons. The van der Waals surface area contributed by atoms with E-state index in [-0.39, 0.29) is 36.4 Å². The molecule has 8 nitrogen and oxygen atoms in total. The molecule has 0 fully saturated rings. The molecule has 0 bridgehead atoms. The van der Waals surface area contributed by atoms with Gasteiger partial charge in [-0.1, -0.05) is 46.3 Å². The van der Waals surface area contributed by atoms with Crippen LogP contribution in [0.1, 0.15) is 36.8 Å². The highest BCUT2D eigenvalue weighted by atomic mass is 79.9. The predicted molar refractivity (Wildman–Crippen MR) is 136 cm³/mol. The fourth-order valence-corrected chi connectivity index (χ4v) is 3.22. The second-order valence-electron chi connectivity index (χ2n) is 7.41. The lowest BCUT2D eigenvalue weighted by atomic mass is 10.1. The number of aryl methyl sites for hydroxylation is 2. The molecule has 0 spiro atoms. The van der Waals surface area contributed by atoms with Gasteiger partial charge in [-0.25, -0.2) is 0 Å². The van der Waals surface area contributed by atoms with Crippen LogP contribution in [0, 0.1) is 6.92 Å². The van der Waals surface area contributed by atoms with Crippen LogP contribution in [0.25, 0.3) is 0 Å². The fraction of sp³-hybridized carbons (Fsp3) is 0.333. The number of carbonyl (C=O) groups is 3. The summed E-state index contributed by atoms with van der Waals surface area (Å²) in [6.07, 6.45) is 2.16. The highest BCUT2D eigenvalue weighted by Gasteiger charge is 2.09. The van der Waals surface area contributed by atoms with Crippen molar-refractivity contribution in [1.82, 2.24) is 16.2 Å². The standard InChI is InChI=1S/C24H28BrN3O5S/c1-17-15-19(12-13-20(17)25)33-16-22(30)27-28-24(34)26-21(29)10-5-11-23(31)32-14-6-9-18-7-3-2-4-8-18/h2-4,7-8,12-13,15H,5-6,9-11,14,16H2,1H3,(H,27,30)(H2,26,28,29,34). The van der Waals surface area contributed by atoms with Crippen LogP contribution < -0.4 is 20.9 Å². The molecule has 0 saturated carbocycles. The molecule has 0 aliphatic heterocycles. The first kappa shape index (κ1) is 27.3. The first-order valence-corrected chi connectivity index (χ1v) is 12.0. The van der Waals surface area contributed by atoms with Gasteiger partial charge in [-0.3, -0.25) is 25.2 Å². The normalized spacial score (nSPS) is 10.2. The molecule has 182 valence electrons. The van der Waals surface area contributed by atoms with Crippen molar-refractivity contribution in [1.29, 1.82) is 0 Å². The minimum Gasteiger partial charge on any atom is -0.484 e. The van der Waals surface area contributed by atoms with Crippen LogP contribution in [0.2, 0.25) is 0 Å². The number of nitrogens with one attached hydrogen (secondary N) is 3. The van der Waals surface area contributed by atoms with E-state index < -0.39 is 5.91 Å². The highest BCUT2D eigenvalue weighted by Crippen LogP contribution is 2.21. The molecule has 34 heavy (non-hydrogen) atoms. The molecule has 0 aromatic heterocycles. The molecule has 2 rings (SSSR count). The summed E-state index contributed by atoms with van der Waals surface area (Å²) in [7, 11) is 0. The number of ether oxygens (including phenoxy) is 2. The Morgan fingerprint density at radius 1 is 0.971 bits per heavy atom. The van der Waals surface area contributed by atoms with E-state index in [0.29, 0.717) is 18.8 Å². The summed E-state index contributed by atoms with van der Waals surface area (Å²) in [5, 5.41) is 2.38. The zero-order chi connectivity index (χ0) is 24.8. The third kappa shape index (κ3) is 11.2. The van der Waals surface area contributed by atoms with Gasteiger partial charge in [0.1, 0.15) is 5.75 Å². The summed E-state index contributed by atoms with van der Waals surface area (Å²) in [5.41, 5.74) is 6.96. The lowest BCUT2D eigenvalue weighted by Gasteiger charge is -2.12. The first-order valence-electron chi connectivity index (χ1n) is 10.8. The molecular formula is C24H28BrN3O5S. The summed E-state index contributed by atoms with van der Waals surface area (Å²) >= 11 is 8.37. The van der Waals surface area contributed by atoms with E-state index >= 15 is 0 Å². The van der Waals surface area contributed by atoms with Crippen LogP contribution in [-0.4, -0.2) is 36.1 Å².